The average molecular weight is 243 g/mol. The van der Waals surface area contributed by atoms with Gasteiger partial charge in [0.2, 0.25) is 0 Å². The SMILES string of the molecule is C#CCC(C(=O)O)N1C(=O)c2ccccc2C1=O. The second-order valence-electron chi connectivity index (χ2n) is 3.79. The summed E-state index contributed by atoms with van der Waals surface area (Å²) in [5.41, 5.74) is 0.427. The van der Waals surface area contributed by atoms with Gasteiger partial charge in [-0.3, -0.25) is 14.5 Å². The van der Waals surface area contributed by atoms with Crippen LogP contribution in [0.1, 0.15) is 27.1 Å². The van der Waals surface area contributed by atoms with Crippen LogP contribution in [0.4, 0.5) is 0 Å². The number of carbonyl (C=O) groups excluding carboxylic acids is 2. The van der Waals surface area contributed by atoms with Gasteiger partial charge in [0.05, 0.1) is 11.1 Å². The molecule has 0 saturated carbocycles. The second-order valence-corrected chi connectivity index (χ2v) is 3.79. The fourth-order valence-corrected chi connectivity index (χ4v) is 1.89. The summed E-state index contributed by atoms with van der Waals surface area (Å²) in [5.74, 6) is -0.348. The van der Waals surface area contributed by atoms with Crippen molar-refractivity contribution in [2.45, 2.75) is 12.5 Å². The molecule has 90 valence electrons. The molecule has 2 amide bonds. The number of aliphatic carboxylic acids is 1. The van der Waals surface area contributed by atoms with Gasteiger partial charge in [-0.05, 0) is 12.1 Å². The summed E-state index contributed by atoms with van der Waals surface area (Å²) in [6.07, 6.45) is 4.86. The van der Waals surface area contributed by atoms with Gasteiger partial charge >= 0.3 is 5.97 Å². The van der Waals surface area contributed by atoms with E-state index >= 15 is 0 Å². The zero-order valence-corrected chi connectivity index (χ0v) is 9.29. The van der Waals surface area contributed by atoms with Crippen LogP contribution in [0, 0.1) is 12.3 Å². The lowest BCUT2D eigenvalue weighted by Gasteiger charge is -2.20. The Morgan fingerprint density at radius 2 is 1.78 bits per heavy atom. The molecule has 2 rings (SSSR count). The van der Waals surface area contributed by atoms with Gasteiger partial charge in [-0.25, -0.2) is 4.79 Å². The monoisotopic (exact) mass is 243 g/mol. The second kappa shape index (κ2) is 4.34. The number of hydrogen-bond donors (Lipinski definition) is 1. The molecule has 1 atom stereocenters. The number of carboxylic acids is 1. The Bertz CT molecular complexity index is 550. The van der Waals surface area contributed by atoms with Gasteiger partial charge < -0.3 is 5.11 Å². The van der Waals surface area contributed by atoms with Crippen molar-refractivity contribution in [1.29, 1.82) is 0 Å². The fourth-order valence-electron chi connectivity index (χ4n) is 1.89. The number of nitrogens with zero attached hydrogens (tertiary/aromatic N) is 1. The van der Waals surface area contributed by atoms with Gasteiger partial charge in [-0.15, -0.1) is 12.3 Å². The van der Waals surface area contributed by atoms with Crippen LogP contribution < -0.4 is 0 Å². The Hall–Kier alpha value is -2.61. The highest BCUT2D eigenvalue weighted by molar-refractivity contribution is 6.22. The number of benzene rings is 1. The molecule has 1 aliphatic rings. The minimum absolute atomic E-state index is 0.208. The molecule has 18 heavy (non-hydrogen) atoms. The molecule has 0 fully saturated rings. The Kier molecular flexibility index (Phi) is 2.86. The highest BCUT2D eigenvalue weighted by Crippen LogP contribution is 2.25. The maximum Gasteiger partial charge on any atom is 0.327 e. The molecule has 1 aromatic rings. The van der Waals surface area contributed by atoms with Crippen LogP contribution in [0.3, 0.4) is 0 Å². The average Bonchev–Trinajstić information content (AvgIpc) is 2.60. The Labute approximate surface area is 103 Å². The van der Waals surface area contributed by atoms with Crippen molar-refractivity contribution in [3.8, 4) is 12.3 Å². The largest absolute Gasteiger partial charge is 0.480 e. The third-order valence-corrected chi connectivity index (χ3v) is 2.73. The molecule has 0 aromatic heterocycles. The van der Waals surface area contributed by atoms with Crippen LogP contribution in [-0.2, 0) is 4.79 Å². The van der Waals surface area contributed by atoms with Crippen LogP contribution in [0.25, 0.3) is 0 Å². The number of hydrogen-bond acceptors (Lipinski definition) is 3. The first-order valence-electron chi connectivity index (χ1n) is 5.21. The van der Waals surface area contributed by atoms with E-state index in [4.69, 9.17) is 11.5 Å². The first-order chi connectivity index (χ1) is 8.57. The van der Waals surface area contributed by atoms with E-state index < -0.39 is 23.8 Å². The summed E-state index contributed by atoms with van der Waals surface area (Å²) in [4.78, 5) is 35.8. The molecular formula is C13H9NO4. The van der Waals surface area contributed by atoms with Gasteiger partial charge in [-0.2, -0.15) is 0 Å². The molecular weight excluding hydrogens is 234 g/mol. The summed E-state index contributed by atoms with van der Waals surface area (Å²) >= 11 is 0. The number of fused-ring (bicyclic) bond motifs is 1. The number of terminal acetylenes is 1. The number of carboxylic acid groups (broad SMARTS) is 1. The quantitative estimate of drug-likeness (QED) is 0.628. The van der Waals surface area contributed by atoms with Crippen LogP contribution in [-0.4, -0.2) is 33.8 Å². The molecule has 1 aromatic carbocycles. The summed E-state index contributed by atoms with van der Waals surface area (Å²) in [6, 6.07) is 4.89. The fraction of sp³-hybridized carbons (Fsp3) is 0.154. The number of imide groups is 1. The number of rotatable bonds is 3. The van der Waals surface area contributed by atoms with Gasteiger partial charge in [0, 0.05) is 6.42 Å². The van der Waals surface area contributed by atoms with E-state index in [0.717, 1.165) is 0 Å². The highest BCUT2D eigenvalue weighted by Gasteiger charge is 2.42. The minimum Gasteiger partial charge on any atom is -0.480 e. The number of amides is 2. The Balaban J connectivity index is 2.45. The van der Waals surface area contributed by atoms with E-state index in [1.165, 1.54) is 12.1 Å². The van der Waals surface area contributed by atoms with Crippen LogP contribution in [0.15, 0.2) is 24.3 Å². The normalized spacial score (nSPS) is 15.2. The predicted octanol–water partition coefficient (Wildman–Crippen LogP) is 0.759. The molecule has 1 heterocycles. The van der Waals surface area contributed by atoms with E-state index in [0.29, 0.717) is 4.90 Å². The lowest BCUT2D eigenvalue weighted by atomic mass is 10.1. The third kappa shape index (κ3) is 1.64. The molecule has 5 nitrogen and oxygen atoms in total. The molecule has 1 aliphatic heterocycles. The lowest BCUT2D eigenvalue weighted by Crippen LogP contribution is -2.44. The van der Waals surface area contributed by atoms with Crippen molar-refractivity contribution in [3.63, 3.8) is 0 Å². The van der Waals surface area contributed by atoms with Crippen LogP contribution in [0.5, 0.6) is 0 Å². The van der Waals surface area contributed by atoms with Gasteiger partial charge in [0.1, 0.15) is 6.04 Å². The van der Waals surface area contributed by atoms with Crippen molar-refractivity contribution in [2.24, 2.45) is 0 Å². The van der Waals surface area contributed by atoms with Crippen molar-refractivity contribution in [3.05, 3.63) is 35.4 Å². The van der Waals surface area contributed by atoms with Gasteiger partial charge in [-0.1, -0.05) is 12.1 Å². The first kappa shape index (κ1) is 11.9. The van der Waals surface area contributed by atoms with E-state index in [1.54, 1.807) is 12.1 Å². The van der Waals surface area contributed by atoms with E-state index in [1.807, 2.05) is 0 Å². The molecule has 0 radical (unpaired) electrons. The maximum absolute atomic E-state index is 12.0. The van der Waals surface area contributed by atoms with Crippen molar-refractivity contribution >= 4 is 17.8 Å². The topological polar surface area (TPSA) is 74.7 Å². The Morgan fingerprint density at radius 3 is 2.17 bits per heavy atom. The summed E-state index contributed by atoms with van der Waals surface area (Å²) in [6.45, 7) is 0. The smallest absolute Gasteiger partial charge is 0.327 e. The van der Waals surface area contributed by atoms with Gasteiger partial charge in [0.15, 0.2) is 0 Å². The molecule has 0 saturated heterocycles. The van der Waals surface area contributed by atoms with E-state index in [2.05, 4.69) is 5.92 Å². The standard InChI is InChI=1S/C13H9NO4/c1-2-5-10(13(17)18)14-11(15)8-6-3-4-7-9(8)12(14)16/h1,3-4,6-7,10H,5H2,(H,17,18). The first-order valence-corrected chi connectivity index (χ1v) is 5.21. The summed E-state index contributed by atoms with van der Waals surface area (Å²) in [5, 5.41) is 9.04. The zero-order valence-electron chi connectivity index (χ0n) is 9.29. The highest BCUT2D eigenvalue weighted by atomic mass is 16.4. The number of carbonyl (C=O) groups is 3. The van der Waals surface area contributed by atoms with Crippen molar-refractivity contribution in [2.75, 3.05) is 0 Å². The minimum atomic E-state index is -1.32. The molecule has 5 heteroatoms. The molecule has 1 unspecified atom stereocenters. The summed E-state index contributed by atoms with van der Waals surface area (Å²) < 4.78 is 0. The molecule has 0 spiro atoms. The van der Waals surface area contributed by atoms with E-state index in [9.17, 15) is 14.4 Å². The zero-order chi connectivity index (χ0) is 13.3. The molecule has 0 aliphatic carbocycles. The van der Waals surface area contributed by atoms with Crippen LogP contribution in [0.2, 0.25) is 0 Å². The third-order valence-electron chi connectivity index (χ3n) is 2.73. The predicted molar refractivity (Wildman–Crippen MR) is 61.8 cm³/mol. The van der Waals surface area contributed by atoms with Crippen molar-refractivity contribution in [1.82, 2.24) is 4.90 Å². The van der Waals surface area contributed by atoms with Gasteiger partial charge in [0.25, 0.3) is 11.8 Å². The van der Waals surface area contributed by atoms with E-state index in [-0.39, 0.29) is 17.5 Å². The Morgan fingerprint density at radius 1 is 1.28 bits per heavy atom. The summed E-state index contributed by atoms with van der Waals surface area (Å²) in [7, 11) is 0. The lowest BCUT2D eigenvalue weighted by molar-refractivity contribution is -0.141. The maximum atomic E-state index is 12.0. The molecule has 1 N–H and O–H groups in total. The molecule has 0 bridgehead atoms. The van der Waals surface area contributed by atoms with Crippen LogP contribution >= 0.6 is 0 Å². The van der Waals surface area contributed by atoms with Crippen molar-refractivity contribution < 1.29 is 19.5 Å².